The van der Waals surface area contributed by atoms with Crippen molar-refractivity contribution in [1.29, 1.82) is 0 Å². The Morgan fingerprint density at radius 3 is 2.38 bits per heavy atom. The van der Waals surface area contributed by atoms with Gasteiger partial charge in [-0.1, -0.05) is 73.2 Å². The van der Waals surface area contributed by atoms with Crippen LogP contribution in [0.15, 0.2) is 54.7 Å². The van der Waals surface area contributed by atoms with Crippen molar-refractivity contribution in [2.75, 3.05) is 19.7 Å². The zero-order valence-electron chi connectivity index (χ0n) is 21.8. The molecule has 1 amide bonds. The smallest absolute Gasteiger partial charge is 0.410 e. The molecule has 1 aliphatic heterocycles. The van der Waals surface area contributed by atoms with Gasteiger partial charge in [0.05, 0.1) is 5.69 Å². The molecule has 0 spiro atoms. The lowest BCUT2D eigenvalue weighted by Gasteiger charge is -2.31. The highest BCUT2D eigenvalue weighted by Gasteiger charge is 2.28. The summed E-state index contributed by atoms with van der Waals surface area (Å²) < 4.78 is 13.7. The molecule has 1 fully saturated rings. The fourth-order valence-electron chi connectivity index (χ4n) is 4.37. The average molecular weight is 561 g/mol. The van der Waals surface area contributed by atoms with Gasteiger partial charge in [0.15, 0.2) is 0 Å². The molecule has 3 aromatic rings. The van der Waals surface area contributed by atoms with Gasteiger partial charge in [-0.25, -0.2) is 9.78 Å². The molecule has 0 aliphatic carbocycles. The van der Waals surface area contributed by atoms with Crippen LogP contribution >= 0.6 is 23.2 Å². The molecule has 2 aromatic carbocycles. The van der Waals surface area contributed by atoms with Crippen LogP contribution in [0.3, 0.4) is 0 Å². The third-order valence-corrected chi connectivity index (χ3v) is 8.66. The fraction of sp³-hybridized carbons (Fsp3) is 0.429. The first-order chi connectivity index (χ1) is 17.7. The van der Waals surface area contributed by atoms with Crippen LogP contribution in [0.4, 0.5) is 4.79 Å². The summed E-state index contributed by atoms with van der Waals surface area (Å²) in [6, 6.07) is 16.3. The van der Waals surface area contributed by atoms with E-state index in [1.807, 2.05) is 48.7 Å². The van der Waals surface area contributed by atoms with E-state index in [1.165, 1.54) is 0 Å². The molecule has 1 aromatic heterocycles. The summed E-state index contributed by atoms with van der Waals surface area (Å²) >= 11 is 12.5. The zero-order valence-corrected chi connectivity index (χ0v) is 24.3. The van der Waals surface area contributed by atoms with Crippen LogP contribution in [0.2, 0.25) is 35.7 Å². The van der Waals surface area contributed by atoms with Crippen molar-refractivity contribution in [3.8, 4) is 11.3 Å². The van der Waals surface area contributed by atoms with Crippen molar-refractivity contribution in [3.63, 3.8) is 0 Å². The molecule has 1 saturated heterocycles. The Labute approximate surface area is 230 Å². The minimum atomic E-state index is -1.18. The van der Waals surface area contributed by atoms with Gasteiger partial charge >= 0.3 is 6.09 Å². The van der Waals surface area contributed by atoms with Gasteiger partial charge in [-0.3, -0.25) is 0 Å². The molecule has 0 N–H and O–H groups in total. The van der Waals surface area contributed by atoms with Crippen molar-refractivity contribution < 1.29 is 14.3 Å². The van der Waals surface area contributed by atoms with E-state index in [1.54, 1.807) is 11.0 Å². The fourth-order valence-corrected chi connectivity index (χ4v) is 5.66. The van der Waals surface area contributed by atoms with Gasteiger partial charge < -0.3 is 18.9 Å². The van der Waals surface area contributed by atoms with Gasteiger partial charge in [0.2, 0.25) is 0 Å². The van der Waals surface area contributed by atoms with Crippen molar-refractivity contribution in [2.24, 2.45) is 0 Å². The molecule has 0 unspecified atom stereocenters. The molecule has 37 heavy (non-hydrogen) atoms. The standard InChI is InChI=1S/C28H35Cl2N3O3Si/c1-37(2,3)14-13-35-20-33-18-26(23-15-24(29)17-25(30)16-23)31-27(33)22-9-11-32(12-10-22)28(34)36-19-21-7-5-4-6-8-21/h4-8,15-18,22H,9-14,19-20H2,1-3H3. The highest BCUT2D eigenvalue weighted by molar-refractivity contribution is 6.76. The Hall–Kier alpha value is -2.32. The number of piperidine rings is 1. The Morgan fingerprint density at radius 2 is 1.73 bits per heavy atom. The van der Waals surface area contributed by atoms with Crippen molar-refractivity contribution >= 4 is 37.4 Å². The number of benzene rings is 2. The maximum atomic E-state index is 12.6. The highest BCUT2D eigenvalue weighted by atomic mass is 35.5. The Morgan fingerprint density at radius 1 is 1.05 bits per heavy atom. The highest BCUT2D eigenvalue weighted by Crippen LogP contribution is 2.32. The molecule has 198 valence electrons. The van der Waals surface area contributed by atoms with Crippen LogP contribution in [0.1, 0.15) is 30.1 Å². The number of hydrogen-bond donors (Lipinski definition) is 0. The van der Waals surface area contributed by atoms with E-state index < -0.39 is 8.07 Å². The van der Waals surface area contributed by atoms with E-state index in [2.05, 4.69) is 24.2 Å². The summed E-state index contributed by atoms with van der Waals surface area (Å²) in [5, 5.41) is 1.15. The van der Waals surface area contributed by atoms with Gasteiger partial charge in [-0.2, -0.15) is 0 Å². The predicted molar refractivity (Wildman–Crippen MR) is 152 cm³/mol. The summed E-state index contributed by atoms with van der Waals surface area (Å²) in [4.78, 5) is 19.4. The van der Waals surface area contributed by atoms with Gasteiger partial charge in [0.1, 0.15) is 19.2 Å². The van der Waals surface area contributed by atoms with E-state index >= 15 is 0 Å². The quantitative estimate of drug-likeness (QED) is 0.199. The number of nitrogens with zero attached hydrogens (tertiary/aromatic N) is 3. The third kappa shape index (κ3) is 8.08. The first-order valence-electron chi connectivity index (χ1n) is 12.7. The van der Waals surface area contributed by atoms with Crippen molar-refractivity contribution in [1.82, 2.24) is 14.5 Å². The van der Waals surface area contributed by atoms with Gasteiger partial charge in [-0.05, 0) is 42.6 Å². The molecule has 0 radical (unpaired) electrons. The zero-order chi connectivity index (χ0) is 26.4. The number of carbonyl (C=O) groups is 1. The van der Waals surface area contributed by atoms with Crippen LogP contribution in [0.25, 0.3) is 11.3 Å². The summed E-state index contributed by atoms with van der Waals surface area (Å²) in [5.74, 6) is 1.18. The van der Waals surface area contributed by atoms with Crippen molar-refractivity contribution in [2.45, 2.75) is 57.8 Å². The lowest BCUT2D eigenvalue weighted by atomic mass is 9.96. The first-order valence-corrected chi connectivity index (χ1v) is 17.2. The second-order valence-electron chi connectivity index (χ2n) is 10.8. The SMILES string of the molecule is C[Si](C)(C)CCOCn1cc(-c2cc(Cl)cc(Cl)c2)nc1C1CCN(C(=O)OCc2ccccc2)CC1. The number of rotatable bonds is 9. The van der Waals surface area contributed by atoms with Gasteiger partial charge in [0, 0.05) is 55.5 Å². The molecule has 2 heterocycles. The molecule has 1 aliphatic rings. The minimum Gasteiger partial charge on any atom is -0.445 e. The topological polar surface area (TPSA) is 56.6 Å². The van der Waals surface area contributed by atoms with E-state index in [0.717, 1.165) is 48.1 Å². The molecule has 4 rings (SSSR count). The molecule has 0 atom stereocenters. The van der Waals surface area contributed by atoms with E-state index in [0.29, 0.717) is 29.9 Å². The molecular formula is C28H35Cl2N3O3Si. The summed E-state index contributed by atoms with van der Waals surface area (Å²) in [6.07, 6.45) is 3.37. The number of imidazole rings is 1. The number of carbonyl (C=O) groups excluding carboxylic acids is 1. The normalized spacial score (nSPS) is 14.7. The number of likely N-dealkylation sites (tertiary alicyclic amines) is 1. The first kappa shape index (κ1) is 27.7. The molecule has 0 bridgehead atoms. The number of hydrogen-bond acceptors (Lipinski definition) is 4. The van der Waals surface area contributed by atoms with Gasteiger partial charge in [0.25, 0.3) is 0 Å². The Balaban J connectivity index is 1.43. The summed E-state index contributed by atoms with van der Waals surface area (Å²) in [5.41, 5.74) is 2.68. The van der Waals surface area contributed by atoms with Crippen LogP contribution in [-0.4, -0.2) is 48.3 Å². The molecule has 0 saturated carbocycles. The second-order valence-corrected chi connectivity index (χ2v) is 17.3. The van der Waals surface area contributed by atoms with E-state index in [-0.39, 0.29) is 18.6 Å². The summed E-state index contributed by atoms with van der Waals surface area (Å²) in [6.45, 7) is 9.75. The minimum absolute atomic E-state index is 0.210. The number of amides is 1. The largest absolute Gasteiger partial charge is 0.445 e. The lowest BCUT2D eigenvalue weighted by Crippen LogP contribution is -2.38. The van der Waals surface area contributed by atoms with Crippen molar-refractivity contribution in [3.05, 3.63) is 76.2 Å². The monoisotopic (exact) mass is 559 g/mol. The average Bonchev–Trinajstić information content (AvgIpc) is 3.29. The van der Waals surface area contributed by atoms with E-state index in [9.17, 15) is 4.79 Å². The third-order valence-electron chi connectivity index (χ3n) is 6.52. The lowest BCUT2D eigenvalue weighted by molar-refractivity contribution is 0.0777. The van der Waals surface area contributed by atoms with Crippen LogP contribution in [0.5, 0.6) is 0 Å². The van der Waals surface area contributed by atoms with Crippen LogP contribution in [0, 0.1) is 0 Å². The number of ether oxygens (including phenoxy) is 2. The summed E-state index contributed by atoms with van der Waals surface area (Å²) in [7, 11) is -1.18. The molecule has 9 heteroatoms. The van der Waals surface area contributed by atoms with Gasteiger partial charge in [-0.15, -0.1) is 0 Å². The maximum Gasteiger partial charge on any atom is 0.410 e. The number of aromatic nitrogens is 2. The second kappa shape index (κ2) is 12.5. The molecule has 6 nitrogen and oxygen atoms in total. The predicted octanol–water partition coefficient (Wildman–Crippen LogP) is 7.69. The van der Waals surface area contributed by atoms with E-state index in [4.69, 9.17) is 37.7 Å². The Bertz CT molecular complexity index is 1170. The Kier molecular flexibility index (Phi) is 9.35. The van der Waals surface area contributed by atoms with Crippen LogP contribution in [-0.2, 0) is 22.8 Å². The van der Waals surface area contributed by atoms with Crippen LogP contribution < -0.4 is 0 Å². The maximum absolute atomic E-state index is 12.6. The molecular weight excluding hydrogens is 525 g/mol. The number of halogens is 2.